The van der Waals surface area contributed by atoms with Crippen LogP contribution in [0, 0.1) is 0 Å². The van der Waals surface area contributed by atoms with Gasteiger partial charge in [-0.3, -0.25) is 4.57 Å². The number of hydrogen-bond donors (Lipinski definition) is 0. The molecule has 0 atom stereocenters. The number of para-hydroxylation sites is 8. The minimum Gasteiger partial charge on any atom is -0.416 e. The van der Waals surface area contributed by atoms with Crippen molar-refractivity contribution in [1.29, 1.82) is 0 Å². The fourth-order valence-electron chi connectivity index (χ4n) is 20.4. The molecule has 0 unspecified atom stereocenters. The minimum absolute atomic E-state index is 0.486. The van der Waals surface area contributed by atoms with E-state index in [2.05, 4.69) is 456 Å². The average Bonchev–Trinajstić information content (AvgIpc) is 1.57. The molecule has 27 aromatic rings. The molecular formula is C119H75N9O. The Morgan fingerprint density at radius 2 is 0.372 bits per heavy atom. The van der Waals surface area contributed by atoms with Crippen LogP contribution < -0.4 is 0 Å². The van der Waals surface area contributed by atoms with Crippen LogP contribution in [-0.4, -0.2) is 42.6 Å². The van der Waals surface area contributed by atoms with Gasteiger partial charge in [-0.2, -0.15) is 0 Å². The molecule has 0 aliphatic rings. The van der Waals surface area contributed by atoms with Gasteiger partial charge in [0.2, 0.25) is 11.8 Å². The summed E-state index contributed by atoms with van der Waals surface area (Å²) in [5, 5.41) is 25.7. The lowest BCUT2D eigenvalue weighted by Gasteiger charge is -2.11. The molecule has 8 aromatic heterocycles. The maximum atomic E-state index is 6.15. The molecule has 19 aromatic carbocycles. The molecule has 10 heteroatoms. The van der Waals surface area contributed by atoms with E-state index in [-0.39, 0.29) is 0 Å². The molecule has 0 aliphatic carbocycles. The Morgan fingerprint density at radius 3 is 0.674 bits per heavy atom. The normalized spacial score (nSPS) is 11.9. The van der Waals surface area contributed by atoms with Gasteiger partial charge >= 0.3 is 0 Å². The summed E-state index contributed by atoms with van der Waals surface area (Å²) >= 11 is 0. The average molecular weight is 1650 g/mol. The maximum absolute atomic E-state index is 6.15. The summed E-state index contributed by atoms with van der Waals surface area (Å²) in [6.07, 6.45) is 1.93. The van der Waals surface area contributed by atoms with Gasteiger partial charge in [-0.1, -0.05) is 237 Å². The molecule has 8 heterocycles. The van der Waals surface area contributed by atoms with Crippen LogP contribution in [0.15, 0.2) is 460 Å². The van der Waals surface area contributed by atoms with Gasteiger partial charge in [0.05, 0.1) is 66.2 Å². The summed E-state index contributed by atoms with van der Waals surface area (Å²) in [7, 11) is 0. The van der Waals surface area contributed by atoms with Crippen LogP contribution in [-0.2, 0) is 0 Å². The van der Waals surface area contributed by atoms with E-state index in [0.29, 0.717) is 11.8 Å². The number of nitrogens with zero attached hydrogens (tertiary/aromatic N) is 9. The number of rotatable bonds is 12. The molecule has 0 aliphatic heterocycles. The van der Waals surface area contributed by atoms with Crippen LogP contribution in [0.25, 0.3) is 243 Å². The van der Waals surface area contributed by atoms with E-state index in [1.165, 1.54) is 148 Å². The lowest BCUT2D eigenvalue weighted by molar-refractivity contribution is 0.584. The minimum atomic E-state index is 0.486. The zero-order valence-corrected chi connectivity index (χ0v) is 69.7. The Hall–Kier alpha value is -17.5. The van der Waals surface area contributed by atoms with Crippen molar-refractivity contribution in [3.8, 4) is 102 Å². The quantitative estimate of drug-likeness (QED) is 0.122. The van der Waals surface area contributed by atoms with Crippen LogP contribution in [0.5, 0.6) is 0 Å². The first-order valence-electron chi connectivity index (χ1n) is 43.9. The smallest absolute Gasteiger partial charge is 0.248 e. The van der Waals surface area contributed by atoms with Gasteiger partial charge in [0, 0.05) is 116 Å². The van der Waals surface area contributed by atoms with Gasteiger partial charge < -0.3 is 27.3 Å². The Labute approximate surface area is 740 Å². The van der Waals surface area contributed by atoms with E-state index in [4.69, 9.17) is 9.40 Å². The first kappa shape index (κ1) is 73.1. The summed E-state index contributed by atoms with van der Waals surface area (Å²) in [5.74, 6) is 1.92. The van der Waals surface area contributed by atoms with E-state index in [1.54, 1.807) is 0 Å². The highest BCUT2D eigenvalue weighted by atomic mass is 16.4. The van der Waals surface area contributed by atoms with Crippen LogP contribution in [0.3, 0.4) is 0 Å². The first-order chi connectivity index (χ1) is 64.0. The van der Waals surface area contributed by atoms with Gasteiger partial charge in [0.1, 0.15) is 5.82 Å². The molecule has 0 saturated heterocycles. The lowest BCUT2D eigenvalue weighted by Crippen LogP contribution is -1.98. The Balaban J connectivity index is 0.000000137. The van der Waals surface area contributed by atoms with Gasteiger partial charge in [-0.05, 0) is 262 Å². The van der Waals surface area contributed by atoms with Crippen molar-refractivity contribution >= 4 is 142 Å². The van der Waals surface area contributed by atoms with Crippen molar-refractivity contribution in [2.45, 2.75) is 0 Å². The van der Waals surface area contributed by atoms with Crippen molar-refractivity contribution in [3.63, 3.8) is 0 Å². The molecule has 602 valence electrons. The van der Waals surface area contributed by atoms with Crippen molar-refractivity contribution in [2.75, 3.05) is 0 Å². The molecule has 0 saturated carbocycles. The number of pyridine rings is 1. The van der Waals surface area contributed by atoms with E-state index in [1.807, 2.05) is 36.5 Å². The topological polar surface area (TPSA) is 81.4 Å². The standard InChI is InChI=1S/C62H39N5O.C57H36N4/c1-4-14-40(15-5-1)61-63-64-62(68-61)41-24-30-48(31-25-41)67-59-34-28-44(42-26-32-57-51(36-42)49-20-10-12-22-55(49)65(57)46-16-6-2-7-17-46)38-53(59)54-39-45(29-35-60(54)67)43-27-33-58-52(37-43)50-21-11-13-23-56(50)66(58)47-18-8-3-9-19-47;1-3-14-42(15-4-1)59-51-21-11-9-19-45(51)47-33-38(23-27-53(47)59)40-25-29-55-49(35-40)50-36-41(26-30-56(50)61(55)57-44-18-8-7-13-37(44)31-32-58-57)39-24-28-54-48(34-39)46-20-10-12-22-52(46)60(54)43-16-5-2-6-17-43/h1-39H;1-36H. The van der Waals surface area contributed by atoms with E-state index in [9.17, 15) is 0 Å². The monoisotopic (exact) mass is 1650 g/mol. The summed E-state index contributed by atoms with van der Waals surface area (Å²) in [6, 6.07) is 162. The molecule has 129 heavy (non-hydrogen) atoms. The zero-order chi connectivity index (χ0) is 84.7. The molecule has 0 radical (unpaired) electrons. The zero-order valence-electron chi connectivity index (χ0n) is 69.7. The highest BCUT2D eigenvalue weighted by molar-refractivity contribution is 6.18. The number of benzene rings is 19. The van der Waals surface area contributed by atoms with Gasteiger partial charge in [-0.25, -0.2) is 4.98 Å². The summed E-state index contributed by atoms with van der Waals surface area (Å²) in [4.78, 5) is 5.05. The Morgan fingerprint density at radius 1 is 0.155 bits per heavy atom. The van der Waals surface area contributed by atoms with Gasteiger partial charge in [-0.15, -0.1) is 10.2 Å². The fraction of sp³-hybridized carbons (Fsp3) is 0. The molecule has 10 nitrogen and oxygen atoms in total. The van der Waals surface area contributed by atoms with Crippen LogP contribution >= 0.6 is 0 Å². The van der Waals surface area contributed by atoms with Crippen LogP contribution in [0.4, 0.5) is 0 Å². The second kappa shape index (κ2) is 29.6. The highest BCUT2D eigenvalue weighted by Gasteiger charge is 2.24. The second-order valence-electron chi connectivity index (χ2n) is 33.5. The molecular weight excluding hydrogens is 1570 g/mol. The van der Waals surface area contributed by atoms with Crippen molar-refractivity contribution in [1.82, 2.24) is 42.6 Å². The summed E-state index contributed by atoms with van der Waals surface area (Å²) in [5.41, 5.74) is 30.9. The highest BCUT2D eigenvalue weighted by Crippen LogP contribution is 2.46. The number of fused-ring (bicyclic) bond motifs is 19. The van der Waals surface area contributed by atoms with Gasteiger partial charge in [0.15, 0.2) is 0 Å². The SMILES string of the molecule is c1ccc(-c2nnc(-c3ccc(-n4c5ccc(-c6ccc7c(c6)c6ccccc6n7-c6ccccc6)cc5c5cc(-c6ccc7c(c6)c6ccccc6n7-c6ccccc6)ccc54)cc3)o2)cc1.c1ccc(-n2c3ccccc3c3cc(-c4ccc5c(c4)c4cc(-c6ccc7c(c6)c6ccccc6n7-c6ccccc6)ccc4n5-c4nccc5ccccc45)ccc32)cc1. The fourth-order valence-corrected chi connectivity index (χ4v) is 20.4. The summed E-state index contributed by atoms with van der Waals surface area (Å²) < 4.78 is 20.4. The van der Waals surface area contributed by atoms with E-state index in [0.717, 1.165) is 84.0 Å². The third-order valence-corrected chi connectivity index (χ3v) is 26.3. The van der Waals surface area contributed by atoms with Crippen LogP contribution in [0.2, 0.25) is 0 Å². The molecule has 0 fully saturated rings. The predicted octanol–water partition coefficient (Wildman–Crippen LogP) is 30.9. The summed E-state index contributed by atoms with van der Waals surface area (Å²) in [6.45, 7) is 0. The second-order valence-corrected chi connectivity index (χ2v) is 33.5. The van der Waals surface area contributed by atoms with E-state index < -0.39 is 0 Å². The Kier molecular flexibility index (Phi) is 16.8. The molecule has 27 rings (SSSR count). The molecule has 0 spiro atoms. The molecule has 0 amide bonds. The van der Waals surface area contributed by atoms with Gasteiger partial charge in [0.25, 0.3) is 0 Å². The van der Waals surface area contributed by atoms with E-state index >= 15 is 0 Å². The molecule has 0 N–H and O–H groups in total. The lowest BCUT2D eigenvalue weighted by atomic mass is 9.98. The van der Waals surface area contributed by atoms with Crippen molar-refractivity contribution in [3.05, 3.63) is 455 Å². The largest absolute Gasteiger partial charge is 0.416 e. The maximum Gasteiger partial charge on any atom is 0.248 e. The Bertz CT molecular complexity index is 8730. The number of aromatic nitrogens is 9. The predicted molar refractivity (Wildman–Crippen MR) is 535 cm³/mol. The third-order valence-electron chi connectivity index (χ3n) is 26.3. The van der Waals surface area contributed by atoms with Crippen molar-refractivity contribution < 1.29 is 4.42 Å². The van der Waals surface area contributed by atoms with Crippen molar-refractivity contribution in [2.24, 2.45) is 0 Å². The third kappa shape index (κ3) is 11.9. The first-order valence-corrected chi connectivity index (χ1v) is 43.9. The molecule has 0 bridgehead atoms. The number of hydrogen-bond acceptors (Lipinski definition) is 4. The van der Waals surface area contributed by atoms with Crippen LogP contribution in [0.1, 0.15) is 0 Å².